The lowest BCUT2D eigenvalue weighted by molar-refractivity contribution is -0.0769. The molecule has 0 aliphatic carbocycles. The van der Waals surface area contributed by atoms with E-state index in [-0.39, 0.29) is 11.9 Å². The van der Waals surface area contributed by atoms with Crippen LogP contribution >= 0.6 is 11.3 Å². The molecule has 1 amide bonds. The number of benzene rings is 1. The fourth-order valence-corrected chi connectivity index (χ4v) is 4.61. The van der Waals surface area contributed by atoms with Crippen LogP contribution in [-0.4, -0.2) is 54.6 Å². The lowest BCUT2D eigenvalue weighted by atomic mass is 10.00. The van der Waals surface area contributed by atoms with Crippen molar-refractivity contribution in [2.45, 2.75) is 19.0 Å². The molecule has 0 unspecified atom stereocenters. The van der Waals surface area contributed by atoms with Crippen molar-refractivity contribution in [3.05, 3.63) is 57.8 Å². The van der Waals surface area contributed by atoms with Crippen molar-refractivity contribution in [2.24, 2.45) is 0 Å². The van der Waals surface area contributed by atoms with Gasteiger partial charge in [0, 0.05) is 19.6 Å². The molecule has 4 rings (SSSR count). The number of rotatable bonds is 2. The molecule has 4 nitrogen and oxygen atoms in total. The monoisotopic (exact) mass is 342 g/mol. The van der Waals surface area contributed by atoms with Crippen LogP contribution in [0.15, 0.2) is 41.8 Å². The Bertz CT molecular complexity index is 715. The standard InChI is InChI=1S/C19H22N2O2S/c1-14-7-10-24-18(14)19(22)20-8-9-21-16(11-20)12-23-13-17(21)15-5-3-2-4-6-15/h2-7,10,16-17H,8-9,11-13H2,1H3/t16-,17-/m1/s1. The van der Waals surface area contributed by atoms with Crippen molar-refractivity contribution < 1.29 is 9.53 Å². The number of morpholine rings is 1. The number of hydrogen-bond acceptors (Lipinski definition) is 4. The van der Waals surface area contributed by atoms with Gasteiger partial charge in [-0.1, -0.05) is 30.3 Å². The van der Waals surface area contributed by atoms with Gasteiger partial charge in [0.1, 0.15) is 0 Å². The summed E-state index contributed by atoms with van der Waals surface area (Å²) >= 11 is 1.54. The molecule has 5 heteroatoms. The maximum atomic E-state index is 12.8. The van der Waals surface area contributed by atoms with Crippen LogP contribution in [-0.2, 0) is 4.74 Å². The molecule has 3 heterocycles. The molecule has 2 aromatic rings. The van der Waals surface area contributed by atoms with E-state index in [2.05, 4.69) is 29.2 Å². The van der Waals surface area contributed by atoms with E-state index in [1.54, 1.807) is 11.3 Å². The van der Waals surface area contributed by atoms with Crippen LogP contribution in [0.4, 0.5) is 0 Å². The van der Waals surface area contributed by atoms with Crippen molar-refractivity contribution in [1.82, 2.24) is 9.80 Å². The van der Waals surface area contributed by atoms with Gasteiger partial charge in [0.15, 0.2) is 0 Å². The molecule has 0 radical (unpaired) electrons. The van der Waals surface area contributed by atoms with Gasteiger partial charge in [0.05, 0.1) is 30.2 Å². The number of carbonyl (C=O) groups excluding carboxylic acids is 1. The molecule has 24 heavy (non-hydrogen) atoms. The summed E-state index contributed by atoms with van der Waals surface area (Å²) < 4.78 is 5.87. The highest BCUT2D eigenvalue weighted by Gasteiger charge is 2.38. The van der Waals surface area contributed by atoms with Crippen LogP contribution in [0, 0.1) is 6.92 Å². The minimum absolute atomic E-state index is 0.170. The van der Waals surface area contributed by atoms with Gasteiger partial charge in [-0.15, -0.1) is 11.3 Å². The van der Waals surface area contributed by atoms with Crippen molar-refractivity contribution >= 4 is 17.2 Å². The molecule has 1 aromatic carbocycles. The van der Waals surface area contributed by atoms with Crippen LogP contribution in [0.2, 0.25) is 0 Å². The number of hydrogen-bond donors (Lipinski definition) is 0. The zero-order valence-corrected chi connectivity index (χ0v) is 14.7. The van der Waals surface area contributed by atoms with Crippen molar-refractivity contribution in [3.63, 3.8) is 0 Å². The summed E-state index contributed by atoms with van der Waals surface area (Å²) in [5.41, 5.74) is 2.38. The van der Waals surface area contributed by atoms with Crippen molar-refractivity contribution in [2.75, 3.05) is 32.8 Å². The Morgan fingerprint density at radius 3 is 2.75 bits per heavy atom. The first kappa shape index (κ1) is 15.8. The number of ether oxygens (including phenoxy) is 1. The summed E-state index contributed by atoms with van der Waals surface area (Å²) in [5.74, 6) is 0.170. The Balaban J connectivity index is 1.50. The molecule has 2 aliphatic rings. The van der Waals surface area contributed by atoms with Crippen molar-refractivity contribution in [3.8, 4) is 0 Å². The summed E-state index contributed by atoms with van der Waals surface area (Å²) in [6, 6.07) is 13.1. The maximum absolute atomic E-state index is 12.8. The lowest BCUT2D eigenvalue weighted by Crippen LogP contribution is -2.60. The Kier molecular flexibility index (Phi) is 4.39. The number of piperazine rings is 1. The van der Waals surface area contributed by atoms with Gasteiger partial charge < -0.3 is 9.64 Å². The van der Waals surface area contributed by atoms with Crippen LogP contribution in [0.5, 0.6) is 0 Å². The maximum Gasteiger partial charge on any atom is 0.264 e. The summed E-state index contributed by atoms with van der Waals surface area (Å²) in [5, 5.41) is 1.99. The predicted molar refractivity (Wildman–Crippen MR) is 95.5 cm³/mol. The number of fused-ring (bicyclic) bond motifs is 1. The molecule has 0 spiro atoms. The van der Waals surface area contributed by atoms with Crippen LogP contribution < -0.4 is 0 Å². The summed E-state index contributed by atoms with van der Waals surface area (Å²) in [6.07, 6.45) is 0. The average molecular weight is 342 g/mol. The van der Waals surface area contributed by atoms with Gasteiger partial charge >= 0.3 is 0 Å². The van der Waals surface area contributed by atoms with Crippen molar-refractivity contribution in [1.29, 1.82) is 0 Å². The second-order valence-electron chi connectivity index (χ2n) is 6.54. The second kappa shape index (κ2) is 6.67. The van der Waals surface area contributed by atoms with Crippen LogP contribution in [0.1, 0.15) is 26.8 Å². The number of carbonyl (C=O) groups is 1. The molecular formula is C19H22N2O2S. The molecule has 2 saturated heterocycles. The largest absolute Gasteiger partial charge is 0.378 e. The highest BCUT2D eigenvalue weighted by atomic mass is 32.1. The van der Waals surface area contributed by atoms with E-state index in [0.29, 0.717) is 12.6 Å². The van der Waals surface area contributed by atoms with Gasteiger partial charge in [-0.3, -0.25) is 9.69 Å². The molecule has 0 saturated carbocycles. The Morgan fingerprint density at radius 1 is 1.17 bits per heavy atom. The van der Waals surface area contributed by atoms with Gasteiger partial charge in [-0.25, -0.2) is 0 Å². The smallest absolute Gasteiger partial charge is 0.264 e. The van der Waals surface area contributed by atoms with Gasteiger partial charge in [0.2, 0.25) is 0 Å². The summed E-state index contributed by atoms with van der Waals surface area (Å²) in [7, 11) is 0. The third-order valence-corrected chi connectivity index (χ3v) is 6.05. The number of amides is 1. The fourth-order valence-electron chi connectivity index (χ4n) is 3.72. The Hall–Kier alpha value is -1.69. The molecule has 1 aromatic heterocycles. The topological polar surface area (TPSA) is 32.8 Å². The number of nitrogens with zero attached hydrogens (tertiary/aromatic N) is 2. The summed E-state index contributed by atoms with van der Waals surface area (Å²) in [6.45, 7) is 5.89. The highest BCUT2D eigenvalue weighted by Crippen LogP contribution is 2.30. The molecule has 2 aliphatic heterocycles. The number of thiophene rings is 1. The fraction of sp³-hybridized carbons (Fsp3) is 0.421. The highest BCUT2D eigenvalue weighted by molar-refractivity contribution is 7.12. The minimum atomic E-state index is 0.170. The minimum Gasteiger partial charge on any atom is -0.378 e. The Labute approximate surface area is 146 Å². The lowest BCUT2D eigenvalue weighted by Gasteiger charge is -2.48. The normalized spacial score (nSPS) is 24.6. The van der Waals surface area contributed by atoms with E-state index in [1.165, 1.54) is 5.56 Å². The van der Waals surface area contributed by atoms with Crippen LogP contribution in [0.3, 0.4) is 0 Å². The molecular weight excluding hydrogens is 320 g/mol. The first-order valence-corrected chi connectivity index (χ1v) is 9.34. The third-order valence-electron chi connectivity index (χ3n) is 5.04. The predicted octanol–water partition coefficient (Wildman–Crippen LogP) is 2.95. The van der Waals surface area contributed by atoms with E-state index in [1.807, 2.05) is 29.3 Å². The average Bonchev–Trinajstić information content (AvgIpc) is 3.07. The first-order valence-electron chi connectivity index (χ1n) is 8.46. The quantitative estimate of drug-likeness (QED) is 0.841. The molecule has 2 fully saturated rings. The van der Waals surface area contributed by atoms with E-state index >= 15 is 0 Å². The molecule has 2 atom stereocenters. The van der Waals surface area contributed by atoms with E-state index in [4.69, 9.17) is 4.74 Å². The summed E-state index contributed by atoms with van der Waals surface area (Å²) in [4.78, 5) is 18.2. The third kappa shape index (κ3) is 2.88. The van der Waals surface area contributed by atoms with Crippen LogP contribution in [0.25, 0.3) is 0 Å². The van der Waals surface area contributed by atoms with Gasteiger partial charge in [-0.2, -0.15) is 0 Å². The van der Waals surface area contributed by atoms with Gasteiger partial charge in [0.25, 0.3) is 5.91 Å². The van der Waals surface area contributed by atoms with E-state index in [0.717, 1.165) is 36.7 Å². The molecule has 0 bridgehead atoms. The molecule has 126 valence electrons. The van der Waals surface area contributed by atoms with E-state index < -0.39 is 0 Å². The van der Waals surface area contributed by atoms with Gasteiger partial charge in [-0.05, 0) is 29.5 Å². The zero-order valence-electron chi connectivity index (χ0n) is 13.9. The first-order chi connectivity index (χ1) is 11.7. The zero-order chi connectivity index (χ0) is 16.5. The second-order valence-corrected chi connectivity index (χ2v) is 7.46. The SMILES string of the molecule is Cc1ccsc1C(=O)N1CCN2[C@@H](COC[C@@H]2c2ccccc2)C1. The Morgan fingerprint density at radius 2 is 2.00 bits per heavy atom. The number of aryl methyl sites for hydroxylation is 1. The molecule has 0 N–H and O–H groups in total. The van der Waals surface area contributed by atoms with E-state index in [9.17, 15) is 4.79 Å².